The summed E-state index contributed by atoms with van der Waals surface area (Å²) < 4.78 is 23.2. The van der Waals surface area contributed by atoms with Gasteiger partial charge in [0.1, 0.15) is 11.5 Å². The Morgan fingerprint density at radius 2 is 1.64 bits per heavy atom. The Hall–Kier alpha value is -3.33. The molecule has 3 rings (SSSR count). The predicted molar refractivity (Wildman–Crippen MR) is 108 cm³/mol. The van der Waals surface area contributed by atoms with E-state index in [0.717, 1.165) is 11.1 Å². The Labute approximate surface area is 167 Å². The SMILES string of the molecule is COc1ccc(OC)c(/C=N/n2c(-c3ccc(OC)c(OC)c3)n[nH]c2=S)c1. The molecule has 1 N–H and O–H groups in total. The van der Waals surface area contributed by atoms with Crippen LogP contribution in [-0.2, 0) is 0 Å². The van der Waals surface area contributed by atoms with Crippen molar-refractivity contribution in [2.24, 2.45) is 5.10 Å². The summed E-state index contributed by atoms with van der Waals surface area (Å²) in [5.41, 5.74) is 1.50. The third-order valence-corrected chi connectivity index (χ3v) is 4.31. The molecule has 0 spiro atoms. The first-order chi connectivity index (χ1) is 13.6. The molecule has 8 nitrogen and oxygen atoms in total. The summed E-state index contributed by atoms with van der Waals surface area (Å²) in [7, 11) is 6.35. The number of nitrogens with one attached hydrogen (secondary N) is 1. The fourth-order valence-corrected chi connectivity index (χ4v) is 2.80. The first-order valence-corrected chi connectivity index (χ1v) is 8.68. The molecule has 28 heavy (non-hydrogen) atoms. The molecule has 0 radical (unpaired) electrons. The van der Waals surface area contributed by atoms with E-state index in [4.69, 9.17) is 31.2 Å². The predicted octanol–water partition coefficient (Wildman–Crippen LogP) is 3.52. The van der Waals surface area contributed by atoms with Gasteiger partial charge in [-0.1, -0.05) is 0 Å². The lowest BCUT2D eigenvalue weighted by molar-refractivity contribution is 0.355. The van der Waals surface area contributed by atoms with Crippen LogP contribution >= 0.6 is 12.2 Å². The van der Waals surface area contributed by atoms with Crippen LogP contribution in [0.2, 0.25) is 0 Å². The number of ether oxygens (including phenoxy) is 4. The molecule has 146 valence electrons. The highest BCUT2D eigenvalue weighted by molar-refractivity contribution is 7.71. The zero-order chi connectivity index (χ0) is 20.1. The van der Waals surface area contributed by atoms with Crippen LogP contribution in [0.1, 0.15) is 5.56 Å². The number of rotatable bonds is 7. The molecular weight excluding hydrogens is 380 g/mol. The molecule has 0 aliphatic rings. The molecule has 2 aromatic carbocycles. The Kier molecular flexibility index (Phi) is 5.95. The van der Waals surface area contributed by atoms with Crippen LogP contribution in [0.25, 0.3) is 11.4 Å². The van der Waals surface area contributed by atoms with Gasteiger partial charge in [0.15, 0.2) is 17.3 Å². The number of methoxy groups -OCH3 is 4. The van der Waals surface area contributed by atoms with Gasteiger partial charge >= 0.3 is 0 Å². The standard InChI is InChI=1S/C19H20N4O4S/c1-24-14-6-8-15(25-2)13(9-14)11-20-23-18(21-22-19(23)28)12-5-7-16(26-3)17(10-12)27-4/h5-11H,1-4H3,(H,22,28)/b20-11+. The van der Waals surface area contributed by atoms with Gasteiger partial charge in [-0.3, -0.25) is 0 Å². The average molecular weight is 400 g/mol. The summed E-state index contributed by atoms with van der Waals surface area (Å²) >= 11 is 5.33. The molecule has 0 unspecified atom stereocenters. The maximum atomic E-state index is 5.38. The first kappa shape index (κ1) is 19.4. The Morgan fingerprint density at radius 1 is 0.929 bits per heavy atom. The normalized spacial score (nSPS) is 10.9. The lowest BCUT2D eigenvalue weighted by Gasteiger charge is -2.09. The van der Waals surface area contributed by atoms with E-state index in [2.05, 4.69) is 15.3 Å². The van der Waals surface area contributed by atoms with E-state index >= 15 is 0 Å². The van der Waals surface area contributed by atoms with Gasteiger partial charge in [-0.05, 0) is 48.6 Å². The molecule has 0 bridgehead atoms. The summed E-state index contributed by atoms with van der Waals surface area (Å²) in [6.45, 7) is 0. The van der Waals surface area contributed by atoms with Crippen molar-refractivity contribution in [2.45, 2.75) is 0 Å². The third kappa shape index (κ3) is 3.84. The average Bonchev–Trinajstić information content (AvgIpc) is 3.11. The van der Waals surface area contributed by atoms with Crippen molar-refractivity contribution >= 4 is 18.4 Å². The lowest BCUT2D eigenvalue weighted by atomic mass is 10.2. The number of aromatic amines is 1. The molecule has 0 atom stereocenters. The maximum Gasteiger partial charge on any atom is 0.216 e. The van der Waals surface area contributed by atoms with Crippen molar-refractivity contribution in [1.82, 2.24) is 14.9 Å². The molecule has 0 amide bonds. The number of H-pyrrole nitrogens is 1. The van der Waals surface area contributed by atoms with Gasteiger partial charge in [-0.15, -0.1) is 0 Å². The van der Waals surface area contributed by atoms with Crippen LogP contribution in [0.3, 0.4) is 0 Å². The van der Waals surface area contributed by atoms with Gasteiger partial charge in [0.2, 0.25) is 4.77 Å². The summed E-state index contributed by atoms with van der Waals surface area (Å²) in [6, 6.07) is 10.9. The van der Waals surface area contributed by atoms with Crippen LogP contribution in [0, 0.1) is 4.77 Å². The number of hydrogen-bond donors (Lipinski definition) is 1. The Morgan fingerprint density at radius 3 is 2.32 bits per heavy atom. The highest BCUT2D eigenvalue weighted by atomic mass is 32.1. The minimum Gasteiger partial charge on any atom is -0.497 e. The van der Waals surface area contributed by atoms with E-state index in [1.165, 1.54) is 4.68 Å². The lowest BCUT2D eigenvalue weighted by Crippen LogP contribution is -1.98. The molecule has 0 aliphatic heterocycles. The smallest absolute Gasteiger partial charge is 0.216 e. The molecule has 1 aromatic heterocycles. The second-order valence-corrected chi connectivity index (χ2v) is 5.97. The quantitative estimate of drug-likeness (QED) is 0.483. The maximum absolute atomic E-state index is 5.38. The van der Waals surface area contributed by atoms with Crippen molar-refractivity contribution in [3.05, 3.63) is 46.7 Å². The zero-order valence-electron chi connectivity index (χ0n) is 15.9. The van der Waals surface area contributed by atoms with Gasteiger partial charge in [-0.25, -0.2) is 5.10 Å². The molecular formula is C19H20N4O4S. The van der Waals surface area contributed by atoms with Gasteiger partial charge in [0.05, 0.1) is 34.7 Å². The fraction of sp³-hybridized carbons (Fsp3) is 0.211. The van der Waals surface area contributed by atoms with Gasteiger partial charge in [0.25, 0.3) is 0 Å². The van der Waals surface area contributed by atoms with E-state index < -0.39 is 0 Å². The third-order valence-electron chi connectivity index (χ3n) is 4.04. The molecule has 1 heterocycles. The number of nitrogens with zero attached hydrogens (tertiary/aromatic N) is 3. The summed E-state index contributed by atoms with van der Waals surface area (Å²) in [5.74, 6) is 3.09. The van der Waals surface area contributed by atoms with Crippen LogP contribution < -0.4 is 18.9 Å². The largest absolute Gasteiger partial charge is 0.497 e. The van der Waals surface area contributed by atoms with Gasteiger partial charge in [-0.2, -0.15) is 14.9 Å². The van der Waals surface area contributed by atoms with E-state index in [0.29, 0.717) is 33.6 Å². The molecule has 0 aliphatic carbocycles. The van der Waals surface area contributed by atoms with Crippen LogP contribution in [0.5, 0.6) is 23.0 Å². The topological polar surface area (TPSA) is 82.9 Å². The number of hydrogen-bond acceptors (Lipinski definition) is 7. The van der Waals surface area contributed by atoms with Crippen molar-refractivity contribution in [3.8, 4) is 34.4 Å². The van der Waals surface area contributed by atoms with E-state index in [-0.39, 0.29) is 0 Å². The Balaban J connectivity index is 2.03. The molecule has 3 aromatic rings. The van der Waals surface area contributed by atoms with Crippen molar-refractivity contribution in [2.75, 3.05) is 28.4 Å². The molecule has 0 fully saturated rings. The van der Waals surface area contributed by atoms with Crippen molar-refractivity contribution in [1.29, 1.82) is 0 Å². The zero-order valence-corrected chi connectivity index (χ0v) is 16.7. The van der Waals surface area contributed by atoms with Crippen LogP contribution in [0.4, 0.5) is 0 Å². The summed E-state index contributed by atoms with van der Waals surface area (Å²) in [6.07, 6.45) is 1.64. The van der Waals surface area contributed by atoms with Gasteiger partial charge < -0.3 is 18.9 Å². The highest BCUT2D eigenvalue weighted by Crippen LogP contribution is 2.31. The van der Waals surface area contributed by atoms with E-state index in [1.807, 2.05) is 30.3 Å². The van der Waals surface area contributed by atoms with Crippen LogP contribution in [-0.4, -0.2) is 49.5 Å². The summed E-state index contributed by atoms with van der Waals surface area (Å²) in [4.78, 5) is 0. The van der Waals surface area contributed by atoms with Crippen molar-refractivity contribution in [3.63, 3.8) is 0 Å². The number of benzene rings is 2. The first-order valence-electron chi connectivity index (χ1n) is 8.27. The number of aromatic nitrogens is 3. The van der Waals surface area contributed by atoms with Crippen LogP contribution in [0.15, 0.2) is 41.5 Å². The fourth-order valence-electron chi connectivity index (χ4n) is 2.62. The van der Waals surface area contributed by atoms with Crippen molar-refractivity contribution < 1.29 is 18.9 Å². The Bertz CT molecular complexity index is 1060. The summed E-state index contributed by atoms with van der Waals surface area (Å²) in [5, 5.41) is 11.5. The molecule has 9 heteroatoms. The minimum atomic E-state index is 0.350. The second-order valence-electron chi connectivity index (χ2n) is 5.59. The van der Waals surface area contributed by atoms with E-state index in [9.17, 15) is 0 Å². The minimum absolute atomic E-state index is 0.350. The second kappa shape index (κ2) is 8.57. The highest BCUT2D eigenvalue weighted by Gasteiger charge is 2.12. The monoisotopic (exact) mass is 400 g/mol. The van der Waals surface area contributed by atoms with E-state index in [1.54, 1.807) is 40.7 Å². The molecule has 0 saturated carbocycles. The molecule has 0 saturated heterocycles. The van der Waals surface area contributed by atoms with Gasteiger partial charge in [0, 0.05) is 11.1 Å².